The molecule has 1 amide bonds. The van der Waals surface area contributed by atoms with Gasteiger partial charge in [0, 0.05) is 56.1 Å². The van der Waals surface area contributed by atoms with E-state index in [4.69, 9.17) is 4.74 Å². The largest absolute Gasteiger partial charge is 0.416 e. The predicted molar refractivity (Wildman–Crippen MR) is 139 cm³/mol. The number of amides is 1. The first-order chi connectivity index (χ1) is 18.6. The second kappa shape index (κ2) is 9.75. The Kier molecular flexibility index (Phi) is 6.50. The van der Waals surface area contributed by atoms with Crippen molar-refractivity contribution in [1.82, 2.24) is 19.4 Å². The molecule has 0 bridgehead atoms. The van der Waals surface area contributed by atoms with Crippen LogP contribution in [-0.4, -0.2) is 51.6 Å². The number of fused-ring (bicyclic) bond motifs is 1. The van der Waals surface area contributed by atoms with Gasteiger partial charge in [0.25, 0.3) is 5.91 Å². The third-order valence-electron chi connectivity index (χ3n) is 8.36. The van der Waals surface area contributed by atoms with Gasteiger partial charge in [-0.3, -0.25) is 14.6 Å². The maximum atomic E-state index is 14.2. The van der Waals surface area contributed by atoms with Crippen LogP contribution >= 0.6 is 0 Å². The zero-order valence-electron chi connectivity index (χ0n) is 22.2. The Morgan fingerprint density at radius 2 is 1.97 bits per heavy atom. The summed E-state index contributed by atoms with van der Waals surface area (Å²) < 4.78 is 50.2. The molecule has 1 aromatic carbocycles. The van der Waals surface area contributed by atoms with Crippen LogP contribution in [0, 0.1) is 5.92 Å². The highest BCUT2D eigenvalue weighted by atomic mass is 19.4. The van der Waals surface area contributed by atoms with Crippen molar-refractivity contribution in [2.45, 2.75) is 50.9 Å². The molecule has 0 N–H and O–H groups in total. The molecule has 0 spiro atoms. The number of anilines is 1. The van der Waals surface area contributed by atoms with Crippen molar-refractivity contribution in [3.05, 3.63) is 76.5 Å². The summed E-state index contributed by atoms with van der Waals surface area (Å²) in [6.45, 7) is 5.08. The van der Waals surface area contributed by atoms with E-state index >= 15 is 0 Å². The van der Waals surface area contributed by atoms with Crippen LogP contribution in [0.15, 0.2) is 42.9 Å². The van der Waals surface area contributed by atoms with Gasteiger partial charge in [-0.25, -0.2) is 9.97 Å². The molecular weight excluding hydrogens is 507 g/mol. The molecular formula is C29H32F3N5O2. The number of carbonyl (C=O) groups excluding carboxylic acids is 1. The molecule has 3 aliphatic rings. The number of benzene rings is 1. The van der Waals surface area contributed by atoms with E-state index in [0.717, 1.165) is 37.3 Å². The number of piperidine rings is 1. The molecule has 39 heavy (non-hydrogen) atoms. The summed E-state index contributed by atoms with van der Waals surface area (Å²) in [6, 6.07) is 6.59. The normalized spacial score (nSPS) is 21.2. The third kappa shape index (κ3) is 4.84. The van der Waals surface area contributed by atoms with Gasteiger partial charge >= 0.3 is 6.18 Å². The van der Waals surface area contributed by atoms with Gasteiger partial charge in [0.2, 0.25) is 0 Å². The average Bonchev–Trinajstić information content (AvgIpc) is 3.43. The number of halogens is 3. The van der Waals surface area contributed by atoms with E-state index in [1.54, 1.807) is 18.5 Å². The molecule has 5 heterocycles. The van der Waals surface area contributed by atoms with Crippen molar-refractivity contribution < 1.29 is 22.7 Å². The molecule has 2 aromatic heterocycles. The zero-order valence-corrected chi connectivity index (χ0v) is 22.2. The summed E-state index contributed by atoms with van der Waals surface area (Å²) in [4.78, 5) is 26.0. The first-order valence-electron chi connectivity index (χ1n) is 13.4. The molecule has 0 saturated carbocycles. The van der Waals surface area contributed by atoms with Crippen molar-refractivity contribution in [2.24, 2.45) is 13.0 Å². The van der Waals surface area contributed by atoms with Crippen LogP contribution in [0.1, 0.15) is 58.2 Å². The summed E-state index contributed by atoms with van der Waals surface area (Å²) in [5.41, 5.74) is 0.527. The van der Waals surface area contributed by atoms with Gasteiger partial charge in [-0.2, -0.15) is 13.2 Å². The number of nitrogens with zero attached hydrogens (tertiary/aromatic N) is 5. The Balaban J connectivity index is 1.31. The highest BCUT2D eigenvalue weighted by Gasteiger charge is 2.44. The van der Waals surface area contributed by atoms with Gasteiger partial charge in [0.15, 0.2) is 0 Å². The standard InChI is InChI=1S/C29H32F3N5O2/c1-19-4-3-8-36(14-19)15-20-10-22-23(24(11-20)29(30,31)32)16-37(27(22)38)25-12-21(5-6-33-25)28(17-39-18-28)13-26-34-7-9-35(26)2/h5-7,9-12,19H,3-4,8,13-18H2,1-2H3/t19-/m0/s1. The number of rotatable bonds is 6. The van der Waals surface area contributed by atoms with E-state index in [0.29, 0.717) is 43.5 Å². The Morgan fingerprint density at radius 1 is 1.15 bits per heavy atom. The molecule has 2 saturated heterocycles. The maximum Gasteiger partial charge on any atom is 0.416 e. The van der Waals surface area contributed by atoms with E-state index in [-0.39, 0.29) is 23.1 Å². The van der Waals surface area contributed by atoms with Gasteiger partial charge in [0.1, 0.15) is 11.6 Å². The molecule has 206 valence electrons. The Bertz CT molecular complexity index is 1400. The molecule has 0 aliphatic carbocycles. The van der Waals surface area contributed by atoms with Crippen LogP contribution in [0.25, 0.3) is 0 Å². The minimum absolute atomic E-state index is 0.0187. The molecule has 3 aromatic rings. The smallest absolute Gasteiger partial charge is 0.379 e. The number of aryl methyl sites for hydroxylation is 1. The van der Waals surface area contributed by atoms with Gasteiger partial charge in [-0.1, -0.05) is 6.92 Å². The maximum absolute atomic E-state index is 14.2. The second-order valence-corrected chi connectivity index (χ2v) is 11.3. The number of pyridine rings is 1. The number of hydrogen-bond acceptors (Lipinski definition) is 5. The summed E-state index contributed by atoms with van der Waals surface area (Å²) in [6.07, 6.45) is 3.49. The number of hydrogen-bond donors (Lipinski definition) is 0. The highest BCUT2D eigenvalue weighted by Crippen LogP contribution is 2.41. The lowest BCUT2D eigenvalue weighted by Crippen LogP contribution is -2.49. The number of carbonyl (C=O) groups is 1. The van der Waals surface area contributed by atoms with E-state index in [9.17, 15) is 18.0 Å². The van der Waals surface area contributed by atoms with Crippen molar-refractivity contribution in [3.63, 3.8) is 0 Å². The monoisotopic (exact) mass is 539 g/mol. The molecule has 10 heteroatoms. The highest BCUT2D eigenvalue weighted by molar-refractivity contribution is 6.10. The minimum Gasteiger partial charge on any atom is -0.379 e. The van der Waals surface area contributed by atoms with Crippen molar-refractivity contribution in [3.8, 4) is 0 Å². The molecule has 2 fully saturated rings. The fraction of sp³-hybridized carbons (Fsp3) is 0.483. The molecule has 0 unspecified atom stereocenters. The molecule has 3 aliphatic heterocycles. The topological polar surface area (TPSA) is 63.5 Å². The lowest BCUT2D eigenvalue weighted by molar-refractivity contribution is -0.138. The number of imidazole rings is 1. The van der Waals surface area contributed by atoms with E-state index in [2.05, 4.69) is 21.8 Å². The van der Waals surface area contributed by atoms with E-state index in [1.165, 1.54) is 11.0 Å². The number of aromatic nitrogens is 3. The Morgan fingerprint density at radius 3 is 2.64 bits per heavy atom. The Hall–Kier alpha value is -3.24. The van der Waals surface area contributed by atoms with Gasteiger partial charge in [-0.15, -0.1) is 0 Å². The number of likely N-dealkylation sites (tertiary alicyclic amines) is 1. The summed E-state index contributed by atoms with van der Waals surface area (Å²) in [7, 11) is 1.94. The number of ether oxygens (including phenoxy) is 1. The van der Waals surface area contributed by atoms with Crippen LogP contribution in [-0.2, 0) is 42.9 Å². The van der Waals surface area contributed by atoms with Crippen molar-refractivity contribution >= 4 is 11.7 Å². The van der Waals surface area contributed by atoms with Crippen LogP contribution < -0.4 is 4.90 Å². The first kappa shape index (κ1) is 26.0. The van der Waals surface area contributed by atoms with Crippen LogP contribution in [0.4, 0.5) is 19.0 Å². The minimum atomic E-state index is -4.56. The van der Waals surface area contributed by atoms with Crippen molar-refractivity contribution in [1.29, 1.82) is 0 Å². The third-order valence-corrected chi connectivity index (χ3v) is 8.36. The zero-order chi connectivity index (χ0) is 27.4. The van der Waals surface area contributed by atoms with Gasteiger partial charge in [0.05, 0.1) is 25.3 Å². The van der Waals surface area contributed by atoms with E-state index < -0.39 is 17.6 Å². The molecule has 0 radical (unpaired) electrons. The summed E-state index contributed by atoms with van der Waals surface area (Å²) >= 11 is 0. The first-order valence-corrected chi connectivity index (χ1v) is 13.4. The van der Waals surface area contributed by atoms with Gasteiger partial charge < -0.3 is 9.30 Å². The number of alkyl halides is 3. The second-order valence-electron chi connectivity index (χ2n) is 11.3. The van der Waals surface area contributed by atoms with Crippen LogP contribution in [0.2, 0.25) is 0 Å². The predicted octanol–water partition coefficient (Wildman–Crippen LogP) is 4.74. The Labute approximate surface area is 225 Å². The lowest BCUT2D eigenvalue weighted by Gasteiger charge is -2.42. The van der Waals surface area contributed by atoms with E-state index in [1.807, 2.05) is 29.9 Å². The van der Waals surface area contributed by atoms with Crippen LogP contribution in [0.3, 0.4) is 0 Å². The average molecular weight is 540 g/mol. The summed E-state index contributed by atoms with van der Waals surface area (Å²) in [5, 5.41) is 0. The van der Waals surface area contributed by atoms with Crippen molar-refractivity contribution in [2.75, 3.05) is 31.2 Å². The van der Waals surface area contributed by atoms with Crippen LogP contribution in [0.5, 0.6) is 0 Å². The SMILES string of the molecule is C[C@H]1CCCN(Cc2cc3c(c(C(F)(F)F)c2)CN(c2cc(C4(Cc5nccn5C)COC4)ccn2)C3=O)C1. The molecule has 1 atom stereocenters. The quantitative estimate of drug-likeness (QED) is 0.453. The fourth-order valence-electron chi connectivity index (χ4n) is 6.17. The molecule has 7 nitrogen and oxygen atoms in total. The summed E-state index contributed by atoms with van der Waals surface area (Å²) in [5.74, 6) is 1.32. The van der Waals surface area contributed by atoms with Gasteiger partial charge in [-0.05, 0) is 66.3 Å². The molecule has 6 rings (SSSR count). The fourth-order valence-corrected chi connectivity index (χ4v) is 6.17. The lowest BCUT2D eigenvalue weighted by atomic mass is 9.76.